The molecule has 4 rings (SSSR count). The second-order valence-electron chi connectivity index (χ2n) is 7.71. The number of rotatable bonds is 3. The molecular formula is C22H23F2N5OZn. The summed E-state index contributed by atoms with van der Waals surface area (Å²) >= 11 is 0. The van der Waals surface area contributed by atoms with Crippen LogP contribution in [0.5, 0.6) is 0 Å². The molecule has 3 aromatic rings. The summed E-state index contributed by atoms with van der Waals surface area (Å²) in [6, 6.07) is 3.39. The van der Waals surface area contributed by atoms with Gasteiger partial charge in [-0.05, 0) is 32.9 Å². The van der Waals surface area contributed by atoms with Crippen molar-refractivity contribution in [1.29, 1.82) is 0 Å². The molecule has 1 aliphatic heterocycles. The van der Waals surface area contributed by atoms with Crippen molar-refractivity contribution in [2.45, 2.75) is 33.0 Å². The van der Waals surface area contributed by atoms with Crippen LogP contribution in [0.25, 0.3) is 22.4 Å². The zero-order valence-electron chi connectivity index (χ0n) is 17.9. The van der Waals surface area contributed by atoms with Crippen LogP contribution >= 0.6 is 0 Å². The number of hydrogen-bond acceptors (Lipinski definition) is 6. The number of anilines is 1. The van der Waals surface area contributed by atoms with Crippen molar-refractivity contribution in [2.75, 3.05) is 18.0 Å². The van der Waals surface area contributed by atoms with Gasteiger partial charge < -0.3 is 23.5 Å². The van der Waals surface area contributed by atoms with Crippen LogP contribution in [-0.2, 0) is 24.2 Å². The van der Waals surface area contributed by atoms with Crippen LogP contribution < -0.4 is 4.90 Å². The summed E-state index contributed by atoms with van der Waals surface area (Å²) < 4.78 is 34.1. The van der Waals surface area contributed by atoms with Gasteiger partial charge in [0.2, 0.25) is 5.95 Å². The van der Waals surface area contributed by atoms with Gasteiger partial charge >= 0.3 is 19.5 Å². The fraction of sp³-hybridized carbons (Fsp3) is 0.364. The van der Waals surface area contributed by atoms with Crippen molar-refractivity contribution in [3.05, 3.63) is 55.1 Å². The van der Waals surface area contributed by atoms with Gasteiger partial charge in [0.15, 0.2) is 5.65 Å². The maximum absolute atomic E-state index is 14.6. The molecule has 6 nitrogen and oxygen atoms in total. The predicted octanol–water partition coefficient (Wildman–Crippen LogP) is 3.86. The molecule has 0 spiro atoms. The van der Waals surface area contributed by atoms with E-state index in [0.717, 1.165) is 11.8 Å². The number of nitrogens with zero attached hydrogens (tertiary/aromatic N) is 5. The first-order valence-electron chi connectivity index (χ1n) is 9.78. The molecule has 2 aromatic heterocycles. The molecule has 3 heterocycles. The van der Waals surface area contributed by atoms with Gasteiger partial charge in [-0.1, -0.05) is 0 Å². The van der Waals surface area contributed by atoms with Crippen LogP contribution in [0.2, 0.25) is 0 Å². The van der Waals surface area contributed by atoms with Gasteiger partial charge in [0, 0.05) is 30.8 Å². The number of halogens is 2. The maximum atomic E-state index is 14.6. The molecular weight excluding hydrogens is 454 g/mol. The zero-order valence-corrected chi connectivity index (χ0v) is 20.9. The Morgan fingerprint density at radius 2 is 1.77 bits per heavy atom. The number of fused-ring (bicyclic) bond motifs is 1. The number of aromatic nitrogens is 4. The first-order chi connectivity index (χ1) is 14.2. The fourth-order valence-corrected chi connectivity index (χ4v) is 3.52. The molecule has 1 fully saturated rings. The standard InChI is InChI=1S/C22H23F2N5O.Zn/c1-11(2)18-10-29(9-12(3)30-18)22-27-19(16-7-6-15(23)8-17(16)24)20-21(28-22)26-14(5)13(4)25-20;/h6-8,11-12,18H,1-2,9-10H2,3-5H3;/q-2;+2/t12-,18-;/m1./s1. The van der Waals surface area contributed by atoms with Crippen molar-refractivity contribution in [3.8, 4) is 11.3 Å². The molecule has 1 saturated heterocycles. The Bertz CT molecular complexity index is 1110. The third-order valence-electron chi connectivity index (χ3n) is 5.21. The Hall–Kier alpha value is -2.12. The van der Waals surface area contributed by atoms with Crippen molar-refractivity contribution >= 4 is 17.1 Å². The van der Waals surface area contributed by atoms with E-state index in [0.29, 0.717) is 35.9 Å². The van der Waals surface area contributed by atoms with Crippen LogP contribution in [0.4, 0.5) is 14.7 Å². The summed E-state index contributed by atoms with van der Waals surface area (Å²) in [6.45, 7) is 14.6. The average molecular weight is 477 g/mol. The molecule has 2 atom stereocenters. The molecule has 0 unspecified atom stereocenters. The van der Waals surface area contributed by atoms with Gasteiger partial charge in [-0.3, -0.25) is 5.92 Å². The molecule has 1 aromatic carbocycles. The van der Waals surface area contributed by atoms with Crippen molar-refractivity contribution < 1.29 is 33.0 Å². The number of ether oxygens (including phenoxy) is 1. The van der Waals surface area contributed by atoms with Gasteiger partial charge in [-0.25, -0.2) is 23.7 Å². The number of benzene rings is 1. The predicted molar refractivity (Wildman–Crippen MR) is 111 cm³/mol. The van der Waals surface area contributed by atoms with Crippen molar-refractivity contribution in [1.82, 2.24) is 19.9 Å². The topological polar surface area (TPSA) is 64.0 Å². The summed E-state index contributed by atoms with van der Waals surface area (Å²) in [5.41, 5.74) is 2.57. The number of aryl methyl sites for hydroxylation is 2. The molecule has 0 N–H and O–H groups in total. The van der Waals surface area contributed by atoms with E-state index in [1.54, 1.807) is 0 Å². The second-order valence-corrected chi connectivity index (χ2v) is 7.71. The third kappa shape index (κ3) is 4.72. The van der Waals surface area contributed by atoms with Gasteiger partial charge in [0.1, 0.15) is 22.8 Å². The molecule has 0 aliphatic carbocycles. The third-order valence-corrected chi connectivity index (χ3v) is 5.21. The molecule has 1 aliphatic rings. The van der Waals surface area contributed by atoms with E-state index in [2.05, 4.69) is 33.8 Å². The number of morpholine rings is 1. The van der Waals surface area contributed by atoms with E-state index in [-0.39, 0.29) is 48.9 Å². The van der Waals surface area contributed by atoms with Gasteiger partial charge in [-0.2, -0.15) is 4.98 Å². The molecule has 0 saturated carbocycles. The average Bonchev–Trinajstić information content (AvgIpc) is 2.68. The summed E-state index contributed by atoms with van der Waals surface area (Å²) in [7, 11) is 0. The van der Waals surface area contributed by atoms with Crippen LogP contribution in [0.1, 0.15) is 18.3 Å². The Balaban J connectivity index is 0.00000272. The molecule has 0 amide bonds. The quantitative estimate of drug-likeness (QED) is 0.422. The Morgan fingerprint density at radius 1 is 1.06 bits per heavy atom. The first kappa shape index (κ1) is 23.5. The minimum Gasteiger partial charge on any atom is -0.377 e. The van der Waals surface area contributed by atoms with Crippen LogP contribution in [0.15, 0.2) is 18.2 Å². The van der Waals surface area contributed by atoms with Gasteiger partial charge in [0.25, 0.3) is 0 Å². The fourth-order valence-electron chi connectivity index (χ4n) is 3.52. The van der Waals surface area contributed by atoms with Crippen LogP contribution in [-0.4, -0.2) is 45.2 Å². The van der Waals surface area contributed by atoms with Gasteiger partial charge in [0.05, 0.1) is 17.5 Å². The van der Waals surface area contributed by atoms with E-state index in [1.807, 2.05) is 25.7 Å². The first-order valence-corrected chi connectivity index (χ1v) is 9.78. The molecule has 9 heteroatoms. The van der Waals surface area contributed by atoms with Crippen molar-refractivity contribution in [2.24, 2.45) is 5.92 Å². The maximum Gasteiger partial charge on any atom is 2.00 e. The summed E-state index contributed by atoms with van der Waals surface area (Å²) in [6.07, 6.45) is -0.268. The normalized spacial score (nSPS) is 19.0. The van der Waals surface area contributed by atoms with Crippen LogP contribution in [0.3, 0.4) is 0 Å². The SMILES string of the molecule is [CH2-]C([CH2-])[C@H]1CN(c2nc(-c3ccc(F)cc3F)c3nc(C)c(C)nc3n2)C[C@@H](C)O1.[Zn+2]. The molecule has 0 radical (unpaired) electrons. The Kier molecular flexibility index (Phi) is 6.96. The van der Waals surface area contributed by atoms with E-state index in [1.165, 1.54) is 12.1 Å². The second kappa shape index (κ2) is 9.17. The minimum atomic E-state index is -0.718. The Labute approximate surface area is 193 Å². The van der Waals surface area contributed by atoms with E-state index < -0.39 is 11.6 Å². The van der Waals surface area contributed by atoms with Crippen molar-refractivity contribution in [3.63, 3.8) is 0 Å². The number of hydrogen-bond donors (Lipinski definition) is 0. The zero-order chi connectivity index (χ0) is 21.6. The summed E-state index contributed by atoms with van der Waals surface area (Å²) in [4.78, 5) is 20.3. The van der Waals surface area contributed by atoms with Crippen LogP contribution in [0, 0.1) is 45.2 Å². The smallest absolute Gasteiger partial charge is 0.377 e. The Morgan fingerprint density at radius 3 is 2.45 bits per heavy atom. The van der Waals surface area contributed by atoms with E-state index in [4.69, 9.17) is 4.74 Å². The monoisotopic (exact) mass is 475 g/mol. The van der Waals surface area contributed by atoms with E-state index in [9.17, 15) is 8.78 Å². The molecule has 158 valence electrons. The largest absolute Gasteiger partial charge is 2.00 e. The van der Waals surface area contributed by atoms with Gasteiger partial charge in [-0.15, -0.1) is 0 Å². The summed E-state index contributed by atoms with van der Waals surface area (Å²) in [5.74, 6) is -1.16. The molecule has 31 heavy (non-hydrogen) atoms. The summed E-state index contributed by atoms with van der Waals surface area (Å²) in [5, 5.41) is 0. The van der Waals surface area contributed by atoms with E-state index >= 15 is 0 Å². The molecule has 0 bridgehead atoms. The minimum absolute atomic E-state index is 0.